The molecule has 3 fully saturated rings. The van der Waals surface area contributed by atoms with Crippen molar-refractivity contribution >= 4 is 5.96 Å². The molecule has 0 aromatic heterocycles. The molecule has 138 valence electrons. The van der Waals surface area contributed by atoms with Crippen LogP contribution in [0.4, 0.5) is 0 Å². The zero-order chi connectivity index (χ0) is 16.8. The van der Waals surface area contributed by atoms with Crippen LogP contribution in [0.1, 0.15) is 57.8 Å². The normalized spacial score (nSPS) is 31.2. The lowest BCUT2D eigenvalue weighted by molar-refractivity contribution is -0.0371. The number of nitrogens with zero attached hydrogens (tertiary/aromatic N) is 2. The molecule has 1 aliphatic carbocycles. The van der Waals surface area contributed by atoms with Crippen LogP contribution in [0.15, 0.2) is 4.99 Å². The number of aliphatic hydroxyl groups is 1. The molecule has 5 nitrogen and oxygen atoms in total. The molecule has 2 aliphatic heterocycles. The van der Waals surface area contributed by atoms with Crippen LogP contribution in [-0.4, -0.2) is 62.0 Å². The Morgan fingerprint density at radius 1 is 1.25 bits per heavy atom. The SMILES string of the molecule is CN=C(NCC(O)C1CCCCC1)N1CCCC2(CCCOC2)C1. The molecule has 5 heteroatoms. The van der Waals surface area contributed by atoms with E-state index in [0.29, 0.717) is 17.9 Å². The van der Waals surface area contributed by atoms with Crippen molar-refractivity contribution in [1.29, 1.82) is 0 Å². The van der Waals surface area contributed by atoms with E-state index in [1.807, 2.05) is 7.05 Å². The zero-order valence-electron chi connectivity index (χ0n) is 15.3. The summed E-state index contributed by atoms with van der Waals surface area (Å²) < 4.78 is 5.78. The molecule has 2 N–H and O–H groups in total. The maximum atomic E-state index is 10.5. The number of ether oxygens (including phenoxy) is 1. The average Bonchev–Trinajstić information content (AvgIpc) is 2.63. The van der Waals surface area contributed by atoms with Gasteiger partial charge in [-0.3, -0.25) is 4.99 Å². The Balaban J connectivity index is 1.51. The Bertz CT molecular complexity index is 409. The fourth-order valence-electron chi connectivity index (χ4n) is 4.83. The number of aliphatic hydroxyl groups excluding tert-OH is 1. The van der Waals surface area contributed by atoms with E-state index in [4.69, 9.17) is 4.74 Å². The van der Waals surface area contributed by atoms with E-state index in [-0.39, 0.29) is 6.10 Å². The zero-order valence-corrected chi connectivity index (χ0v) is 15.3. The van der Waals surface area contributed by atoms with Crippen LogP contribution in [0.25, 0.3) is 0 Å². The molecule has 2 heterocycles. The van der Waals surface area contributed by atoms with Crippen molar-refractivity contribution in [1.82, 2.24) is 10.2 Å². The molecule has 0 bridgehead atoms. The smallest absolute Gasteiger partial charge is 0.193 e. The molecule has 2 atom stereocenters. The monoisotopic (exact) mass is 337 g/mol. The first-order valence-electron chi connectivity index (χ1n) is 9.94. The summed E-state index contributed by atoms with van der Waals surface area (Å²) in [6.07, 6.45) is 10.9. The molecule has 1 saturated carbocycles. The van der Waals surface area contributed by atoms with E-state index in [9.17, 15) is 5.11 Å². The Labute approximate surface area is 146 Å². The van der Waals surface area contributed by atoms with Gasteiger partial charge in [-0.25, -0.2) is 0 Å². The summed E-state index contributed by atoms with van der Waals surface area (Å²) >= 11 is 0. The molecule has 2 saturated heterocycles. The first kappa shape index (κ1) is 18.0. The number of rotatable bonds is 3. The van der Waals surface area contributed by atoms with E-state index in [1.165, 1.54) is 57.8 Å². The second-order valence-electron chi connectivity index (χ2n) is 8.07. The largest absolute Gasteiger partial charge is 0.391 e. The summed E-state index contributed by atoms with van der Waals surface area (Å²) in [6.45, 7) is 4.53. The van der Waals surface area contributed by atoms with Gasteiger partial charge in [-0.05, 0) is 44.4 Å². The Morgan fingerprint density at radius 3 is 2.75 bits per heavy atom. The van der Waals surface area contributed by atoms with Gasteiger partial charge in [0.2, 0.25) is 0 Å². The summed E-state index contributed by atoms with van der Waals surface area (Å²) in [4.78, 5) is 6.87. The lowest BCUT2D eigenvalue weighted by Gasteiger charge is -2.45. The molecule has 0 aromatic carbocycles. The quantitative estimate of drug-likeness (QED) is 0.613. The number of nitrogens with one attached hydrogen (secondary N) is 1. The van der Waals surface area contributed by atoms with Crippen LogP contribution in [0.5, 0.6) is 0 Å². The number of aliphatic imine (C=N–C) groups is 1. The van der Waals surface area contributed by atoms with Gasteiger partial charge >= 0.3 is 0 Å². The maximum absolute atomic E-state index is 10.5. The van der Waals surface area contributed by atoms with Crippen molar-refractivity contribution in [3.8, 4) is 0 Å². The number of likely N-dealkylation sites (tertiary alicyclic amines) is 1. The predicted octanol–water partition coefficient (Wildman–Crippen LogP) is 2.40. The van der Waals surface area contributed by atoms with Crippen LogP contribution in [-0.2, 0) is 4.74 Å². The van der Waals surface area contributed by atoms with Crippen molar-refractivity contribution in [3.05, 3.63) is 0 Å². The van der Waals surface area contributed by atoms with Gasteiger partial charge in [-0.1, -0.05) is 19.3 Å². The summed E-state index contributed by atoms with van der Waals surface area (Å²) in [7, 11) is 1.86. The Hall–Kier alpha value is -0.810. The summed E-state index contributed by atoms with van der Waals surface area (Å²) in [6, 6.07) is 0. The van der Waals surface area contributed by atoms with Crippen molar-refractivity contribution in [2.24, 2.45) is 16.3 Å². The molecule has 0 aromatic rings. The summed E-state index contributed by atoms with van der Waals surface area (Å²) in [5.74, 6) is 1.42. The van der Waals surface area contributed by atoms with Gasteiger partial charge in [0.25, 0.3) is 0 Å². The van der Waals surface area contributed by atoms with Crippen molar-refractivity contribution in [2.75, 3.05) is 39.9 Å². The van der Waals surface area contributed by atoms with Crippen molar-refractivity contribution < 1.29 is 9.84 Å². The van der Waals surface area contributed by atoms with Gasteiger partial charge in [0.05, 0.1) is 12.7 Å². The minimum Gasteiger partial charge on any atom is -0.391 e. The molecule has 1 spiro atoms. The second-order valence-corrected chi connectivity index (χ2v) is 8.07. The third-order valence-electron chi connectivity index (χ3n) is 6.24. The maximum Gasteiger partial charge on any atom is 0.193 e. The highest BCUT2D eigenvalue weighted by Gasteiger charge is 2.38. The lowest BCUT2D eigenvalue weighted by Crippen LogP contribution is -2.54. The average molecular weight is 338 g/mol. The van der Waals surface area contributed by atoms with Gasteiger partial charge in [-0.2, -0.15) is 0 Å². The van der Waals surface area contributed by atoms with Crippen LogP contribution in [0.2, 0.25) is 0 Å². The fourth-order valence-corrected chi connectivity index (χ4v) is 4.83. The third-order valence-corrected chi connectivity index (χ3v) is 6.24. The van der Waals surface area contributed by atoms with Crippen LogP contribution in [0.3, 0.4) is 0 Å². The Kier molecular flexibility index (Phi) is 6.39. The fraction of sp³-hybridized carbons (Fsp3) is 0.947. The van der Waals surface area contributed by atoms with E-state index >= 15 is 0 Å². The standard InChI is InChI=1S/C19H35N3O2/c1-20-18(21-13-17(23)16-7-3-2-4-8-16)22-11-5-9-19(14-22)10-6-12-24-15-19/h16-17,23H,2-15H2,1H3,(H,20,21). The van der Waals surface area contributed by atoms with Crippen LogP contribution >= 0.6 is 0 Å². The van der Waals surface area contributed by atoms with Crippen LogP contribution < -0.4 is 5.32 Å². The molecule has 3 aliphatic rings. The topological polar surface area (TPSA) is 57.1 Å². The van der Waals surface area contributed by atoms with Gasteiger partial charge < -0.3 is 20.1 Å². The molecule has 2 unspecified atom stereocenters. The van der Waals surface area contributed by atoms with Crippen molar-refractivity contribution in [3.63, 3.8) is 0 Å². The summed E-state index contributed by atoms with van der Waals surface area (Å²) in [5.41, 5.74) is 0.316. The van der Waals surface area contributed by atoms with Gasteiger partial charge in [0, 0.05) is 38.7 Å². The third kappa shape index (κ3) is 4.42. The Morgan fingerprint density at radius 2 is 2.04 bits per heavy atom. The van der Waals surface area contributed by atoms with Gasteiger partial charge in [0.1, 0.15) is 0 Å². The highest BCUT2D eigenvalue weighted by molar-refractivity contribution is 5.80. The van der Waals surface area contributed by atoms with Gasteiger partial charge in [0.15, 0.2) is 5.96 Å². The highest BCUT2D eigenvalue weighted by atomic mass is 16.5. The first-order chi connectivity index (χ1) is 11.7. The molecular formula is C19H35N3O2. The number of hydrogen-bond acceptors (Lipinski definition) is 3. The molecule has 0 amide bonds. The highest BCUT2D eigenvalue weighted by Crippen LogP contribution is 2.37. The van der Waals surface area contributed by atoms with E-state index in [1.54, 1.807) is 0 Å². The first-order valence-corrected chi connectivity index (χ1v) is 9.94. The number of guanidine groups is 1. The van der Waals surface area contributed by atoms with Gasteiger partial charge in [-0.15, -0.1) is 0 Å². The molecular weight excluding hydrogens is 302 g/mol. The van der Waals surface area contributed by atoms with E-state index in [2.05, 4.69) is 15.2 Å². The van der Waals surface area contributed by atoms with E-state index < -0.39 is 0 Å². The molecule has 24 heavy (non-hydrogen) atoms. The number of hydrogen-bond donors (Lipinski definition) is 2. The number of piperidine rings is 1. The summed E-state index contributed by atoms with van der Waals surface area (Å²) in [5, 5.41) is 13.9. The van der Waals surface area contributed by atoms with E-state index in [0.717, 1.165) is 32.3 Å². The second kappa shape index (κ2) is 8.52. The van der Waals surface area contributed by atoms with Crippen LogP contribution in [0, 0.1) is 11.3 Å². The molecule has 0 radical (unpaired) electrons. The van der Waals surface area contributed by atoms with Crippen molar-refractivity contribution in [2.45, 2.75) is 63.9 Å². The predicted molar refractivity (Wildman–Crippen MR) is 97.2 cm³/mol. The minimum absolute atomic E-state index is 0.251. The minimum atomic E-state index is -0.251. The molecule has 3 rings (SSSR count). The lowest BCUT2D eigenvalue weighted by atomic mass is 9.76.